The largest absolute Gasteiger partial charge is 0.283 e. The third kappa shape index (κ3) is 3.57. The van der Waals surface area contributed by atoms with Gasteiger partial charge in [0.15, 0.2) is 5.17 Å². The number of halogens is 1. The summed E-state index contributed by atoms with van der Waals surface area (Å²) in [7, 11) is 0. The number of benzene rings is 2. The van der Waals surface area contributed by atoms with Gasteiger partial charge >= 0.3 is 0 Å². The van der Waals surface area contributed by atoms with Crippen molar-refractivity contribution < 1.29 is 9.18 Å². The van der Waals surface area contributed by atoms with Crippen molar-refractivity contribution in [2.75, 3.05) is 10.7 Å². The van der Waals surface area contributed by atoms with Crippen LogP contribution in [-0.4, -0.2) is 16.8 Å². The van der Waals surface area contributed by atoms with Crippen molar-refractivity contribution >= 4 is 34.6 Å². The molecule has 0 spiro atoms. The predicted molar refractivity (Wildman–Crippen MR) is 98.5 cm³/mol. The number of aliphatic imine (C=N–C) groups is 1. The van der Waals surface area contributed by atoms with E-state index in [2.05, 4.69) is 11.9 Å². The van der Waals surface area contributed by atoms with Gasteiger partial charge in [-0.15, -0.1) is 0 Å². The van der Waals surface area contributed by atoms with Gasteiger partial charge in [-0.3, -0.25) is 9.69 Å². The molecule has 0 fully saturated rings. The monoisotopic (exact) mass is 340 g/mol. The molecule has 0 atom stereocenters. The molecule has 0 bridgehead atoms. The van der Waals surface area contributed by atoms with E-state index in [1.165, 1.54) is 23.9 Å². The van der Waals surface area contributed by atoms with Crippen molar-refractivity contribution in [1.29, 1.82) is 0 Å². The Kier molecular flexibility index (Phi) is 5.11. The molecule has 3 rings (SSSR count). The lowest BCUT2D eigenvalue weighted by Gasteiger charge is -2.17. The minimum atomic E-state index is -0.329. The summed E-state index contributed by atoms with van der Waals surface area (Å²) >= 11 is 1.53. The summed E-state index contributed by atoms with van der Waals surface area (Å²) in [6.07, 6.45) is 2.76. The van der Waals surface area contributed by atoms with Gasteiger partial charge in [-0.2, -0.15) is 0 Å². The topological polar surface area (TPSA) is 32.7 Å². The van der Waals surface area contributed by atoms with Crippen LogP contribution >= 0.6 is 11.8 Å². The van der Waals surface area contributed by atoms with Crippen LogP contribution in [0.2, 0.25) is 0 Å². The van der Waals surface area contributed by atoms with Gasteiger partial charge in [-0.25, -0.2) is 9.38 Å². The van der Waals surface area contributed by atoms with Crippen LogP contribution in [0.4, 0.5) is 10.1 Å². The second-order valence-electron chi connectivity index (χ2n) is 5.30. The van der Waals surface area contributed by atoms with Gasteiger partial charge in [0.25, 0.3) is 5.91 Å². The molecule has 1 amide bonds. The first-order chi connectivity index (χ1) is 11.7. The Morgan fingerprint density at radius 2 is 1.83 bits per heavy atom. The fourth-order valence-electron chi connectivity index (χ4n) is 2.31. The molecule has 24 heavy (non-hydrogen) atoms. The number of carbonyl (C=O) groups excluding carboxylic acids is 1. The first kappa shape index (κ1) is 16.5. The van der Waals surface area contributed by atoms with E-state index < -0.39 is 0 Å². The number of hydrogen-bond donors (Lipinski definition) is 0. The van der Waals surface area contributed by atoms with Crippen LogP contribution in [-0.2, 0) is 4.79 Å². The zero-order valence-corrected chi connectivity index (χ0v) is 14.1. The number of anilines is 1. The minimum absolute atomic E-state index is 0.191. The number of nitrogens with zero attached hydrogens (tertiary/aromatic N) is 2. The van der Waals surface area contributed by atoms with E-state index in [1.54, 1.807) is 23.1 Å². The summed E-state index contributed by atoms with van der Waals surface area (Å²) in [5, 5.41) is 0.635. The predicted octanol–water partition coefficient (Wildman–Crippen LogP) is 4.71. The Labute approximate surface area is 144 Å². The number of thioether (sulfide) groups is 1. The Hall–Kier alpha value is -2.40. The molecule has 3 nitrogen and oxygen atoms in total. The van der Waals surface area contributed by atoms with Crippen molar-refractivity contribution in [1.82, 2.24) is 0 Å². The summed E-state index contributed by atoms with van der Waals surface area (Å²) in [5.74, 6) is 0.344. The van der Waals surface area contributed by atoms with Crippen molar-refractivity contribution in [3.05, 3.63) is 71.7 Å². The molecule has 5 heteroatoms. The van der Waals surface area contributed by atoms with Gasteiger partial charge in [0.1, 0.15) is 11.5 Å². The molecule has 0 saturated carbocycles. The van der Waals surface area contributed by atoms with Gasteiger partial charge in [0.05, 0.1) is 5.69 Å². The molecule has 1 aliphatic heterocycles. The van der Waals surface area contributed by atoms with Crippen molar-refractivity contribution in [3.63, 3.8) is 0 Å². The summed E-state index contributed by atoms with van der Waals surface area (Å²) in [5.41, 5.74) is 1.94. The van der Waals surface area contributed by atoms with Crippen LogP contribution in [0.1, 0.15) is 18.9 Å². The molecule has 122 valence electrons. The molecule has 0 N–H and O–H groups in total. The molecule has 1 heterocycles. The van der Waals surface area contributed by atoms with Crippen LogP contribution in [0, 0.1) is 5.82 Å². The second-order valence-corrected chi connectivity index (χ2v) is 6.36. The first-order valence-electron chi connectivity index (χ1n) is 7.77. The highest BCUT2D eigenvalue weighted by Crippen LogP contribution is 2.29. The molecule has 0 saturated heterocycles. The molecule has 2 aromatic rings. The normalized spacial score (nSPS) is 15.9. The zero-order chi connectivity index (χ0) is 16.9. The maximum atomic E-state index is 13.2. The maximum absolute atomic E-state index is 13.2. The van der Waals surface area contributed by atoms with Gasteiger partial charge < -0.3 is 0 Å². The van der Waals surface area contributed by atoms with Crippen molar-refractivity contribution in [2.24, 2.45) is 4.99 Å². The summed E-state index contributed by atoms with van der Waals surface area (Å²) in [6.45, 7) is 2.08. The highest BCUT2D eigenvalue weighted by atomic mass is 32.2. The number of rotatable bonds is 4. The fraction of sp³-hybridized carbons (Fsp3) is 0.158. The fourth-order valence-corrected chi connectivity index (χ4v) is 3.18. The first-order valence-corrected chi connectivity index (χ1v) is 8.76. The van der Waals surface area contributed by atoms with Crippen LogP contribution in [0.15, 0.2) is 65.3 Å². The van der Waals surface area contributed by atoms with E-state index in [0.29, 0.717) is 16.6 Å². The lowest BCUT2D eigenvalue weighted by Crippen LogP contribution is -2.30. The van der Waals surface area contributed by atoms with Gasteiger partial charge in [0, 0.05) is 5.75 Å². The van der Waals surface area contributed by atoms with Gasteiger partial charge in [-0.1, -0.05) is 49.0 Å². The third-order valence-electron chi connectivity index (χ3n) is 3.45. The van der Waals surface area contributed by atoms with E-state index >= 15 is 0 Å². The van der Waals surface area contributed by atoms with E-state index in [4.69, 9.17) is 0 Å². The molecular formula is C19H17FN2OS. The Morgan fingerprint density at radius 1 is 1.12 bits per heavy atom. The van der Waals surface area contributed by atoms with Crippen LogP contribution in [0.3, 0.4) is 0 Å². The van der Waals surface area contributed by atoms with E-state index in [1.807, 2.05) is 30.3 Å². The van der Waals surface area contributed by atoms with Crippen molar-refractivity contribution in [3.8, 4) is 0 Å². The SMILES string of the molecule is CCCSC1=N/C(=C\c2ccccc2)C(=O)N1c1ccc(F)cc1. The van der Waals surface area contributed by atoms with Crippen LogP contribution in [0.5, 0.6) is 0 Å². The van der Waals surface area contributed by atoms with E-state index in [-0.39, 0.29) is 11.7 Å². The lowest BCUT2D eigenvalue weighted by molar-refractivity contribution is -0.113. The highest BCUT2D eigenvalue weighted by molar-refractivity contribution is 8.14. The summed E-state index contributed by atoms with van der Waals surface area (Å²) in [6, 6.07) is 15.5. The maximum Gasteiger partial charge on any atom is 0.283 e. The van der Waals surface area contributed by atoms with E-state index in [9.17, 15) is 9.18 Å². The van der Waals surface area contributed by atoms with Crippen molar-refractivity contribution in [2.45, 2.75) is 13.3 Å². The quantitative estimate of drug-likeness (QED) is 0.755. The molecule has 2 aromatic carbocycles. The average molecular weight is 340 g/mol. The minimum Gasteiger partial charge on any atom is -0.266 e. The Morgan fingerprint density at radius 3 is 2.50 bits per heavy atom. The van der Waals surface area contributed by atoms with E-state index in [0.717, 1.165) is 17.7 Å². The molecule has 0 aromatic heterocycles. The Balaban J connectivity index is 1.96. The number of carbonyl (C=O) groups is 1. The van der Waals surface area contributed by atoms with Gasteiger partial charge in [0.2, 0.25) is 0 Å². The third-order valence-corrected chi connectivity index (χ3v) is 4.60. The number of amidine groups is 1. The highest BCUT2D eigenvalue weighted by Gasteiger charge is 2.31. The second kappa shape index (κ2) is 7.45. The zero-order valence-electron chi connectivity index (χ0n) is 13.3. The Bertz CT molecular complexity index is 785. The lowest BCUT2D eigenvalue weighted by atomic mass is 10.2. The standard InChI is InChI=1S/C19H17FN2OS/c1-2-12-24-19-21-17(13-14-6-4-3-5-7-14)18(23)22(19)16-10-8-15(20)9-11-16/h3-11,13H,2,12H2,1H3/b17-13-. The summed E-state index contributed by atoms with van der Waals surface area (Å²) < 4.78 is 13.2. The average Bonchev–Trinajstić information content (AvgIpc) is 2.90. The number of hydrogen-bond acceptors (Lipinski definition) is 3. The molecule has 0 unspecified atom stereocenters. The smallest absolute Gasteiger partial charge is 0.266 e. The molecule has 0 aliphatic carbocycles. The van der Waals surface area contributed by atoms with Gasteiger partial charge in [-0.05, 0) is 42.3 Å². The molecule has 1 aliphatic rings. The van der Waals surface area contributed by atoms with Crippen LogP contribution < -0.4 is 4.90 Å². The summed E-state index contributed by atoms with van der Waals surface area (Å²) in [4.78, 5) is 18.9. The van der Waals surface area contributed by atoms with Crippen LogP contribution in [0.25, 0.3) is 6.08 Å². The number of amides is 1. The molecule has 0 radical (unpaired) electrons. The molecular weight excluding hydrogens is 323 g/mol.